The summed E-state index contributed by atoms with van der Waals surface area (Å²) in [7, 11) is 0. The molecule has 0 radical (unpaired) electrons. The lowest BCUT2D eigenvalue weighted by Gasteiger charge is -2.08. The molecule has 2 rings (SSSR count). The first-order valence-electron chi connectivity index (χ1n) is 8.37. The van der Waals surface area contributed by atoms with Crippen LogP contribution < -0.4 is 10.6 Å². The first kappa shape index (κ1) is 19.2. The van der Waals surface area contributed by atoms with Crippen molar-refractivity contribution in [2.45, 2.75) is 26.8 Å². The third kappa shape index (κ3) is 6.05. The quantitative estimate of drug-likeness (QED) is 0.749. The molecule has 0 heterocycles. The average molecular weight is 354 g/mol. The van der Waals surface area contributed by atoms with Gasteiger partial charge in [-0.15, -0.1) is 0 Å². The minimum absolute atomic E-state index is 0.234. The Morgan fingerprint density at radius 1 is 1.00 bits per heavy atom. The van der Waals surface area contributed by atoms with Gasteiger partial charge in [-0.3, -0.25) is 9.59 Å². The highest BCUT2D eigenvalue weighted by Gasteiger charge is 2.11. The summed E-state index contributed by atoms with van der Waals surface area (Å²) in [5.41, 5.74) is 2.96. The van der Waals surface area contributed by atoms with E-state index in [0.717, 1.165) is 12.0 Å². The van der Waals surface area contributed by atoms with Gasteiger partial charge in [0.25, 0.3) is 5.91 Å². The highest BCUT2D eigenvalue weighted by Crippen LogP contribution is 2.11. The molecule has 0 aromatic heterocycles. The number of benzene rings is 2. The molecule has 2 N–H and O–H groups in total. The number of rotatable bonds is 7. The SMILES string of the molecule is CCc1ccc(CNC(=O)COC(=O)c2cccc(NC(C)=O)c2)cc1. The van der Waals surface area contributed by atoms with E-state index in [1.807, 2.05) is 24.3 Å². The Bertz CT molecular complexity index is 785. The molecule has 2 amide bonds. The Hall–Kier alpha value is -3.15. The maximum absolute atomic E-state index is 12.0. The topological polar surface area (TPSA) is 84.5 Å². The maximum Gasteiger partial charge on any atom is 0.338 e. The van der Waals surface area contributed by atoms with Gasteiger partial charge in [-0.2, -0.15) is 0 Å². The Balaban J connectivity index is 1.80. The number of hydrogen-bond donors (Lipinski definition) is 2. The van der Waals surface area contributed by atoms with Crippen molar-refractivity contribution >= 4 is 23.5 Å². The predicted octanol–water partition coefficient (Wildman–Crippen LogP) is 2.68. The van der Waals surface area contributed by atoms with Gasteiger partial charge in [-0.05, 0) is 35.7 Å². The molecule has 0 atom stereocenters. The van der Waals surface area contributed by atoms with Gasteiger partial charge >= 0.3 is 5.97 Å². The second-order valence-corrected chi connectivity index (χ2v) is 5.78. The summed E-state index contributed by atoms with van der Waals surface area (Å²) in [6.07, 6.45) is 0.964. The molecule has 0 saturated heterocycles. The molecular weight excluding hydrogens is 332 g/mol. The summed E-state index contributed by atoms with van der Waals surface area (Å²) < 4.78 is 5.01. The fourth-order valence-electron chi connectivity index (χ4n) is 2.29. The van der Waals surface area contributed by atoms with Gasteiger partial charge in [-0.25, -0.2) is 4.79 Å². The highest BCUT2D eigenvalue weighted by molar-refractivity contribution is 5.94. The fourth-order valence-corrected chi connectivity index (χ4v) is 2.29. The standard InChI is InChI=1S/C20H22N2O4/c1-3-15-7-9-16(10-8-15)12-21-19(24)13-26-20(25)17-5-4-6-18(11-17)22-14(2)23/h4-11H,3,12-13H2,1-2H3,(H,21,24)(H,22,23). The van der Waals surface area contributed by atoms with Gasteiger partial charge in [0.1, 0.15) is 0 Å². The highest BCUT2D eigenvalue weighted by atomic mass is 16.5. The van der Waals surface area contributed by atoms with Crippen LogP contribution in [0.4, 0.5) is 5.69 Å². The number of anilines is 1. The van der Waals surface area contributed by atoms with Crippen LogP contribution in [0, 0.1) is 0 Å². The zero-order chi connectivity index (χ0) is 18.9. The number of hydrogen-bond acceptors (Lipinski definition) is 4. The van der Waals surface area contributed by atoms with E-state index in [0.29, 0.717) is 12.2 Å². The number of aryl methyl sites for hydroxylation is 1. The van der Waals surface area contributed by atoms with Gasteiger partial charge in [-0.1, -0.05) is 37.3 Å². The number of carbonyl (C=O) groups is 3. The van der Waals surface area contributed by atoms with Crippen molar-refractivity contribution in [3.63, 3.8) is 0 Å². The molecule has 136 valence electrons. The van der Waals surface area contributed by atoms with E-state index in [-0.39, 0.29) is 24.0 Å². The van der Waals surface area contributed by atoms with Gasteiger partial charge in [0.2, 0.25) is 5.91 Å². The number of carbonyl (C=O) groups excluding carboxylic acids is 3. The normalized spacial score (nSPS) is 10.1. The third-order valence-corrected chi connectivity index (χ3v) is 3.67. The van der Waals surface area contributed by atoms with E-state index in [9.17, 15) is 14.4 Å². The molecule has 0 aliphatic carbocycles. The lowest BCUT2D eigenvalue weighted by atomic mass is 10.1. The third-order valence-electron chi connectivity index (χ3n) is 3.67. The van der Waals surface area contributed by atoms with E-state index >= 15 is 0 Å². The van der Waals surface area contributed by atoms with Gasteiger partial charge < -0.3 is 15.4 Å². The smallest absolute Gasteiger partial charge is 0.338 e. The van der Waals surface area contributed by atoms with Crippen LogP contribution in [0.2, 0.25) is 0 Å². The molecule has 26 heavy (non-hydrogen) atoms. The first-order chi connectivity index (χ1) is 12.5. The van der Waals surface area contributed by atoms with E-state index in [2.05, 4.69) is 17.6 Å². The largest absolute Gasteiger partial charge is 0.452 e. The van der Waals surface area contributed by atoms with E-state index in [1.165, 1.54) is 18.6 Å². The molecule has 0 unspecified atom stereocenters. The molecule has 6 heteroatoms. The molecule has 6 nitrogen and oxygen atoms in total. The first-order valence-corrected chi connectivity index (χ1v) is 8.37. The van der Waals surface area contributed by atoms with Crippen LogP contribution in [0.3, 0.4) is 0 Å². The zero-order valence-corrected chi connectivity index (χ0v) is 14.9. The van der Waals surface area contributed by atoms with E-state index in [4.69, 9.17) is 4.74 Å². The van der Waals surface area contributed by atoms with Crippen molar-refractivity contribution in [3.05, 3.63) is 65.2 Å². The van der Waals surface area contributed by atoms with Crippen molar-refractivity contribution in [2.24, 2.45) is 0 Å². The van der Waals surface area contributed by atoms with Gasteiger partial charge in [0, 0.05) is 19.2 Å². The summed E-state index contributed by atoms with van der Waals surface area (Å²) in [5.74, 6) is -1.24. The van der Waals surface area contributed by atoms with E-state index < -0.39 is 5.97 Å². The van der Waals surface area contributed by atoms with E-state index in [1.54, 1.807) is 18.2 Å². The van der Waals surface area contributed by atoms with Crippen LogP contribution in [0.5, 0.6) is 0 Å². The van der Waals surface area contributed by atoms with Crippen LogP contribution in [0.25, 0.3) is 0 Å². The van der Waals surface area contributed by atoms with Crippen molar-refractivity contribution in [1.82, 2.24) is 5.32 Å². The summed E-state index contributed by atoms with van der Waals surface area (Å²) >= 11 is 0. The zero-order valence-electron chi connectivity index (χ0n) is 14.9. The lowest BCUT2D eigenvalue weighted by Crippen LogP contribution is -2.28. The van der Waals surface area contributed by atoms with Crippen molar-refractivity contribution in [1.29, 1.82) is 0 Å². The summed E-state index contributed by atoms with van der Waals surface area (Å²) in [6.45, 7) is 3.47. The minimum Gasteiger partial charge on any atom is -0.452 e. The van der Waals surface area contributed by atoms with Crippen LogP contribution >= 0.6 is 0 Å². The van der Waals surface area contributed by atoms with Crippen LogP contribution in [0.15, 0.2) is 48.5 Å². The fraction of sp³-hybridized carbons (Fsp3) is 0.250. The second kappa shape index (κ2) is 9.36. The van der Waals surface area contributed by atoms with Gasteiger partial charge in [0.15, 0.2) is 6.61 Å². The summed E-state index contributed by atoms with van der Waals surface area (Å²) in [5, 5.41) is 5.29. The van der Waals surface area contributed by atoms with Crippen LogP contribution in [-0.2, 0) is 27.3 Å². The monoisotopic (exact) mass is 354 g/mol. The van der Waals surface area contributed by atoms with Crippen LogP contribution in [-0.4, -0.2) is 24.4 Å². The molecule has 2 aromatic carbocycles. The van der Waals surface area contributed by atoms with Crippen molar-refractivity contribution in [3.8, 4) is 0 Å². The van der Waals surface area contributed by atoms with Gasteiger partial charge in [0.05, 0.1) is 5.56 Å². The Morgan fingerprint density at radius 2 is 1.69 bits per heavy atom. The molecular formula is C20H22N2O4. The maximum atomic E-state index is 12.0. The lowest BCUT2D eigenvalue weighted by molar-refractivity contribution is -0.124. The molecule has 0 spiro atoms. The molecule has 0 aliphatic rings. The molecule has 0 fully saturated rings. The average Bonchev–Trinajstić information content (AvgIpc) is 2.64. The Kier molecular flexibility index (Phi) is 6.91. The second-order valence-electron chi connectivity index (χ2n) is 5.78. The van der Waals surface area contributed by atoms with Crippen LogP contribution in [0.1, 0.15) is 35.3 Å². The number of amides is 2. The molecule has 2 aromatic rings. The molecule has 0 bridgehead atoms. The predicted molar refractivity (Wildman–Crippen MR) is 98.7 cm³/mol. The Labute approximate surface area is 152 Å². The number of nitrogens with one attached hydrogen (secondary N) is 2. The van der Waals surface area contributed by atoms with Crippen molar-refractivity contribution in [2.75, 3.05) is 11.9 Å². The van der Waals surface area contributed by atoms with Crippen molar-refractivity contribution < 1.29 is 19.1 Å². The summed E-state index contributed by atoms with van der Waals surface area (Å²) in [6, 6.07) is 14.3. The Morgan fingerprint density at radius 3 is 2.35 bits per heavy atom. The minimum atomic E-state index is -0.625. The number of ether oxygens (including phenoxy) is 1. The summed E-state index contributed by atoms with van der Waals surface area (Å²) in [4.78, 5) is 34.9. The number of esters is 1. The molecule has 0 aliphatic heterocycles. The molecule has 0 saturated carbocycles.